The van der Waals surface area contributed by atoms with E-state index in [0.29, 0.717) is 17.2 Å². The SMILES string of the molecule is CCC[C@H]1CN(CC(=O)c2cc(C(C)(C)C)c(O)c(C(C)(C)C)c2)C(=NBr)[C@@H]1c1cccnc1. The Morgan fingerprint density at radius 3 is 2.26 bits per heavy atom. The average Bonchev–Trinajstić information content (AvgIpc) is 3.09. The van der Waals surface area contributed by atoms with Gasteiger partial charge in [-0.2, -0.15) is 4.02 Å². The van der Waals surface area contributed by atoms with E-state index in [1.807, 2.05) is 24.4 Å². The molecule has 0 bridgehead atoms. The minimum absolute atomic E-state index is 0.0340. The zero-order valence-corrected chi connectivity index (χ0v) is 23.1. The normalized spacial score (nSPS) is 20.2. The van der Waals surface area contributed by atoms with Crippen LogP contribution in [0.4, 0.5) is 0 Å². The predicted molar refractivity (Wildman–Crippen MR) is 143 cm³/mol. The monoisotopic (exact) mass is 527 g/mol. The Kier molecular flexibility index (Phi) is 7.91. The number of carbonyl (C=O) groups is 1. The number of hydrogen-bond acceptors (Lipinski definition) is 4. The van der Waals surface area contributed by atoms with Crippen LogP contribution in [0.15, 0.2) is 40.7 Å². The summed E-state index contributed by atoms with van der Waals surface area (Å²) in [6.45, 7) is 15.6. The highest BCUT2D eigenvalue weighted by Crippen LogP contribution is 2.41. The van der Waals surface area contributed by atoms with Crippen LogP contribution in [-0.2, 0) is 10.8 Å². The molecule has 0 spiro atoms. The van der Waals surface area contributed by atoms with Crippen molar-refractivity contribution in [2.45, 2.75) is 78.1 Å². The Morgan fingerprint density at radius 2 is 1.79 bits per heavy atom. The maximum Gasteiger partial charge on any atom is 0.182 e. The lowest BCUT2D eigenvalue weighted by molar-refractivity contribution is 0.0963. The molecule has 6 heteroatoms. The molecular formula is C28H38BrN3O2. The molecule has 1 aliphatic rings. The number of nitrogens with zero attached hydrogens (tertiary/aromatic N) is 3. The summed E-state index contributed by atoms with van der Waals surface area (Å²) in [6, 6.07) is 7.79. The number of aromatic hydroxyl groups is 1. The summed E-state index contributed by atoms with van der Waals surface area (Å²) in [5, 5.41) is 11.0. The molecule has 1 fully saturated rings. The summed E-state index contributed by atoms with van der Waals surface area (Å²) >= 11 is 3.35. The van der Waals surface area contributed by atoms with Gasteiger partial charge in [0, 0.05) is 41.5 Å². The van der Waals surface area contributed by atoms with Crippen molar-refractivity contribution >= 4 is 27.8 Å². The van der Waals surface area contributed by atoms with Crippen molar-refractivity contribution in [3.63, 3.8) is 0 Å². The van der Waals surface area contributed by atoms with Crippen LogP contribution in [0.25, 0.3) is 0 Å². The Balaban J connectivity index is 1.97. The van der Waals surface area contributed by atoms with Crippen LogP contribution in [0, 0.1) is 5.92 Å². The second-order valence-corrected chi connectivity index (χ2v) is 11.8. The van der Waals surface area contributed by atoms with E-state index in [-0.39, 0.29) is 29.1 Å². The molecular weight excluding hydrogens is 490 g/mol. The van der Waals surface area contributed by atoms with Crippen molar-refractivity contribution < 1.29 is 9.90 Å². The van der Waals surface area contributed by atoms with E-state index in [1.165, 1.54) is 0 Å². The molecule has 2 aromatic rings. The molecule has 1 N–H and O–H groups in total. The number of Topliss-reactive ketones (excluding diaryl/α,β-unsaturated/α-hetero) is 1. The maximum absolute atomic E-state index is 13.6. The average molecular weight is 529 g/mol. The summed E-state index contributed by atoms with van der Waals surface area (Å²) in [4.78, 5) is 20.1. The van der Waals surface area contributed by atoms with E-state index >= 15 is 0 Å². The number of aromatic nitrogens is 1. The first-order valence-electron chi connectivity index (χ1n) is 12.1. The number of amidine groups is 1. The van der Waals surface area contributed by atoms with Gasteiger partial charge >= 0.3 is 0 Å². The first kappa shape index (κ1) is 26.4. The number of phenolic OH excluding ortho intramolecular Hbond substituents is 1. The Hall–Kier alpha value is -2.21. The summed E-state index contributed by atoms with van der Waals surface area (Å²) in [6.07, 6.45) is 5.81. The second-order valence-electron chi connectivity index (χ2n) is 11.5. The van der Waals surface area contributed by atoms with Crippen LogP contribution >= 0.6 is 16.1 Å². The van der Waals surface area contributed by atoms with Gasteiger partial charge in [0.2, 0.25) is 0 Å². The second kappa shape index (κ2) is 10.2. The number of carbonyl (C=O) groups excluding carboxylic acids is 1. The van der Waals surface area contributed by atoms with Crippen LogP contribution < -0.4 is 0 Å². The Bertz CT molecular complexity index is 1020. The van der Waals surface area contributed by atoms with E-state index in [4.69, 9.17) is 0 Å². The fourth-order valence-corrected chi connectivity index (χ4v) is 5.40. The highest BCUT2D eigenvalue weighted by Gasteiger charge is 2.40. The van der Waals surface area contributed by atoms with Crippen molar-refractivity contribution in [1.29, 1.82) is 0 Å². The molecule has 184 valence electrons. The number of rotatable bonds is 6. The first-order valence-corrected chi connectivity index (χ1v) is 12.8. The summed E-state index contributed by atoms with van der Waals surface area (Å²) < 4.78 is 4.47. The maximum atomic E-state index is 13.6. The van der Waals surface area contributed by atoms with Gasteiger partial charge in [0.1, 0.15) is 11.6 Å². The fourth-order valence-electron chi connectivity index (χ4n) is 4.95. The van der Waals surface area contributed by atoms with Crippen LogP contribution in [0.2, 0.25) is 0 Å². The molecule has 2 atom stereocenters. The fraction of sp³-hybridized carbons (Fsp3) is 0.536. The van der Waals surface area contributed by atoms with Crippen molar-refractivity contribution in [3.05, 3.63) is 58.9 Å². The zero-order valence-electron chi connectivity index (χ0n) is 21.5. The van der Waals surface area contributed by atoms with E-state index in [0.717, 1.165) is 41.9 Å². The first-order chi connectivity index (χ1) is 15.9. The van der Waals surface area contributed by atoms with E-state index < -0.39 is 0 Å². The molecule has 1 aromatic carbocycles. The number of ketones is 1. The molecule has 0 radical (unpaired) electrons. The minimum atomic E-state index is -0.284. The largest absolute Gasteiger partial charge is 0.507 e. The summed E-state index contributed by atoms with van der Waals surface area (Å²) in [7, 11) is 0. The number of benzene rings is 1. The summed E-state index contributed by atoms with van der Waals surface area (Å²) in [5.41, 5.74) is 2.80. The lowest BCUT2D eigenvalue weighted by Gasteiger charge is -2.28. The standard InChI is InChI=1S/C28H38BrN3O2/c1-8-10-19-16-32(26(31-29)24(19)18-11-9-12-30-15-18)17-23(33)20-13-21(27(2,3)4)25(34)22(14-20)28(5,6)7/h9,11-15,19,24,34H,8,10,16-17H2,1-7H3/t19-,24+/m0/s1. The number of pyridine rings is 1. The molecule has 34 heavy (non-hydrogen) atoms. The van der Waals surface area contributed by atoms with Crippen molar-refractivity contribution in [1.82, 2.24) is 9.88 Å². The third-order valence-electron chi connectivity index (χ3n) is 6.70. The predicted octanol–water partition coefficient (Wildman–Crippen LogP) is 6.79. The van der Waals surface area contributed by atoms with Crippen LogP contribution in [0.1, 0.15) is 94.3 Å². The number of phenols is 1. The molecule has 0 saturated carbocycles. The van der Waals surface area contributed by atoms with Crippen molar-refractivity contribution in [2.75, 3.05) is 13.1 Å². The number of halogens is 1. The third kappa shape index (κ3) is 5.54. The highest BCUT2D eigenvalue weighted by molar-refractivity contribution is 9.08. The van der Waals surface area contributed by atoms with E-state index in [9.17, 15) is 9.90 Å². The molecule has 0 aliphatic carbocycles. The lowest BCUT2D eigenvalue weighted by Crippen LogP contribution is -2.32. The molecule has 1 saturated heterocycles. The number of likely N-dealkylation sites (tertiary alicyclic amines) is 1. The number of hydrogen-bond donors (Lipinski definition) is 1. The van der Waals surface area contributed by atoms with Gasteiger partial charge < -0.3 is 10.0 Å². The van der Waals surface area contributed by atoms with Gasteiger partial charge in [0.25, 0.3) is 0 Å². The third-order valence-corrected chi connectivity index (χ3v) is 7.06. The van der Waals surface area contributed by atoms with Gasteiger partial charge in [-0.05, 0) is 46.9 Å². The Morgan fingerprint density at radius 1 is 1.18 bits per heavy atom. The van der Waals surface area contributed by atoms with E-state index in [2.05, 4.69) is 84.6 Å². The smallest absolute Gasteiger partial charge is 0.182 e. The zero-order chi connectivity index (χ0) is 25.3. The van der Waals surface area contributed by atoms with Crippen LogP contribution in [0.3, 0.4) is 0 Å². The molecule has 3 rings (SSSR count). The molecule has 1 aliphatic heterocycles. The van der Waals surface area contributed by atoms with Crippen LogP contribution in [0.5, 0.6) is 5.75 Å². The van der Waals surface area contributed by atoms with Gasteiger partial charge in [-0.3, -0.25) is 9.78 Å². The minimum Gasteiger partial charge on any atom is -0.507 e. The van der Waals surface area contributed by atoms with Crippen LogP contribution in [-0.4, -0.2) is 39.7 Å². The topological polar surface area (TPSA) is 65.8 Å². The van der Waals surface area contributed by atoms with Crippen molar-refractivity contribution in [3.8, 4) is 5.75 Å². The molecule has 5 nitrogen and oxygen atoms in total. The van der Waals surface area contributed by atoms with Gasteiger partial charge in [-0.25, -0.2) is 0 Å². The molecule has 1 aromatic heterocycles. The molecule has 0 unspecified atom stereocenters. The van der Waals surface area contributed by atoms with Gasteiger partial charge in [0.15, 0.2) is 5.78 Å². The van der Waals surface area contributed by atoms with Gasteiger partial charge in [0.05, 0.1) is 22.7 Å². The van der Waals surface area contributed by atoms with E-state index in [1.54, 1.807) is 6.20 Å². The molecule has 0 amide bonds. The van der Waals surface area contributed by atoms with Crippen molar-refractivity contribution in [2.24, 2.45) is 9.94 Å². The lowest BCUT2D eigenvalue weighted by atomic mass is 9.78. The quantitative estimate of drug-likeness (QED) is 0.420. The summed E-state index contributed by atoms with van der Waals surface area (Å²) in [5.74, 6) is 1.68. The van der Waals surface area contributed by atoms with Gasteiger partial charge in [-0.15, -0.1) is 0 Å². The van der Waals surface area contributed by atoms with Gasteiger partial charge in [-0.1, -0.05) is 61.0 Å². The Labute approximate surface area is 213 Å². The molecule has 2 heterocycles. The highest BCUT2D eigenvalue weighted by atomic mass is 79.9.